The topological polar surface area (TPSA) is 66.5 Å². The number of methoxy groups -OCH3 is 1. The summed E-state index contributed by atoms with van der Waals surface area (Å²) in [5.74, 6) is 0.518. The van der Waals surface area contributed by atoms with E-state index in [1.165, 1.54) is 0 Å². The van der Waals surface area contributed by atoms with Crippen LogP contribution in [0.2, 0.25) is 0 Å². The summed E-state index contributed by atoms with van der Waals surface area (Å²) in [6, 6.07) is 10.9. The Morgan fingerprint density at radius 1 is 1.26 bits per heavy atom. The number of amides is 1. The standard InChI is InChI=1S/C14H15N3O2/c1-10(11-5-7-12(19-2)8-6-11)16-17-14(18)13-4-3-9-15-13/h3-9,15H,1-2H3,(H,17,18)/b16-10-. The maximum atomic E-state index is 11.7. The first kappa shape index (κ1) is 12.9. The molecule has 2 N–H and O–H groups in total. The highest BCUT2D eigenvalue weighted by Gasteiger charge is 2.04. The zero-order chi connectivity index (χ0) is 13.7. The van der Waals surface area contributed by atoms with Crippen LogP contribution in [0.5, 0.6) is 5.75 Å². The van der Waals surface area contributed by atoms with Crippen molar-refractivity contribution in [3.8, 4) is 5.75 Å². The normalized spacial score (nSPS) is 11.2. The number of carbonyl (C=O) groups is 1. The fourth-order valence-corrected chi connectivity index (χ4v) is 1.56. The lowest BCUT2D eigenvalue weighted by Gasteiger charge is -2.03. The van der Waals surface area contributed by atoms with Gasteiger partial charge in [0.15, 0.2) is 0 Å². The van der Waals surface area contributed by atoms with Crippen molar-refractivity contribution in [3.05, 3.63) is 53.9 Å². The maximum absolute atomic E-state index is 11.7. The molecule has 0 saturated heterocycles. The van der Waals surface area contributed by atoms with Gasteiger partial charge in [0.05, 0.1) is 12.8 Å². The molecule has 5 heteroatoms. The molecule has 0 bridgehead atoms. The quantitative estimate of drug-likeness (QED) is 0.651. The Bertz CT molecular complexity index is 571. The first-order chi connectivity index (χ1) is 9.20. The second-order valence-corrected chi connectivity index (χ2v) is 3.95. The monoisotopic (exact) mass is 257 g/mol. The molecule has 0 fully saturated rings. The highest BCUT2D eigenvalue weighted by Crippen LogP contribution is 2.11. The second-order valence-electron chi connectivity index (χ2n) is 3.95. The Kier molecular flexibility index (Phi) is 3.97. The number of H-pyrrole nitrogens is 1. The van der Waals surface area contributed by atoms with Crippen molar-refractivity contribution in [1.29, 1.82) is 0 Å². The van der Waals surface area contributed by atoms with Gasteiger partial charge in [0.25, 0.3) is 5.91 Å². The summed E-state index contributed by atoms with van der Waals surface area (Å²) < 4.78 is 5.08. The molecule has 2 rings (SSSR count). The number of hydrogen-bond acceptors (Lipinski definition) is 3. The molecule has 98 valence electrons. The molecule has 5 nitrogen and oxygen atoms in total. The Morgan fingerprint density at radius 2 is 2.00 bits per heavy atom. The smallest absolute Gasteiger partial charge is 0.287 e. The van der Waals surface area contributed by atoms with E-state index in [-0.39, 0.29) is 5.91 Å². The summed E-state index contributed by atoms with van der Waals surface area (Å²) in [6.07, 6.45) is 1.69. The van der Waals surface area contributed by atoms with E-state index in [0.29, 0.717) is 5.69 Å². The molecule has 19 heavy (non-hydrogen) atoms. The molecule has 1 amide bonds. The minimum atomic E-state index is -0.266. The summed E-state index contributed by atoms with van der Waals surface area (Å²) >= 11 is 0. The second kappa shape index (κ2) is 5.86. The highest BCUT2D eigenvalue weighted by atomic mass is 16.5. The molecule has 1 aromatic carbocycles. The number of ether oxygens (including phenoxy) is 1. The number of hydrogen-bond donors (Lipinski definition) is 2. The summed E-state index contributed by atoms with van der Waals surface area (Å²) in [4.78, 5) is 14.5. The van der Waals surface area contributed by atoms with Crippen molar-refractivity contribution in [2.75, 3.05) is 7.11 Å². The van der Waals surface area contributed by atoms with Gasteiger partial charge in [-0.05, 0) is 48.9 Å². The predicted molar refractivity (Wildman–Crippen MR) is 73.5 cm³/mol. The van der Waals surface area contributed by atoms with E-state index < -0.39 is 0 Å². The lowest BCUT2D eigenvalue weighted by atomic mass is 10.1. The fourth-order valence-electron chi connectivity index (χ4n) is 1.56. The highest BCUT2D eigenvalue weighted by molar-refractivity contribution is 6.00. The van der Waals surface area contributed by atoms with E-state index in [0.717, 1.165) is 17.0 Å². The number of aromatic nitrogens is 1. The van der Waals surface area contributed by atoms with Gasteiger partial charge in [0.2, 0.25) is 0 Å². The minimum Gasteiger partial charge on any atom is -0.497 e. The molecule has 0 atom stereocenters. The fraction of sp³-hybridized carbons (Fsp3) is 0.143. The number of nitrogens with zero attached hydrogens (tertiary/aromatic N) is 1. The third kappa shape index (κ3) is 3.22. The predicted octanol–water partition coefficient (Wildman–Crippen LogP) is 2.18. The van der Waals surface area contributed by atoms with Crippen LogP contribution in [-0.4, -0.2) is 23.7 Å². The van der Waals surface area contributed by atoms with Gasteiger partial charge in [-0.3, -0.25) is 4.79 Å². The molecular formula is C14H15N3O2. The van der Waals surface area contributed by atoms with Gasteiger partial charge >= 0.3 is 0 Å². The van der Waals surface area contributed by atoms with Gasteiger partial charge in [-0.1, -0.05) is 0 Å². The summed E-state index contributed by atoms with van der Waals surface area (Å²) in [6.45, 7) is 1.83. The number of hydrazone groups is 1. The minimum absolute atomic E-state index is 0.266. The molecule has 1 heterocycles. The Labute approximate surface area is 111 Å². The summed E-state index contributed by atoms with van der Waals surface area (Å²) in [5, 5.41) is 4.06. The van der Waals surface area contributed by atoms with Gasteiger partial charge in [-0.15, -0.1) is 0 Å². The molecular weight excluding hydrogens is 242 g/mol. The maximum Gasteiger partial charge on any atom is 0.287 e. The van der Waals surface area contributed by atoms with Crippen molar-refractivity contribution < 1.29 is 9.53 Å². The Balaban J connectivity index is 2.04. The first-order valence-corrected chi connectivity index (χ1v) is 5.83. The van der Waals surface area contributed by atoms with Crippen molar-refractivity contribution in [2.45, 2.75) is 6.92 Å². The van der Waals surface area contributed by atoms with Crippen LogP contribution in [0, 0.1) is 0 Å². The Morgan fingerprint density at radius 3 is 2.58 bits per heavy atom. The number of carbonyl (C=O) groups excluding carboxylic acids is 1. The molecule has 2 aromatic rings. The van der Waals surface area contributed by atoms with Crippen LogP contribution in [0.3, 0.4) is 0 Å². The van der Waals surface area contributed by atoms with Crippen LogP contribution in [0.1, 0.15) is 23.0 Å². The van der Waals surface area contributed by atoms with E-state index in [4.69, 9.17) is 4.74 Å². The van der Waals surface area contributed by atoms with Crippen LogP contribution in [0.25, 0.3) is 0 Å². The van der Waals surface area contributed by atoms with Crippen molar-refractivity contribution in [1.82, 2.24) is 10.4 Å². The van der Waals surface area contributed by atoms with Gasteiger partial charge in [0.1, 0.15) is 11.4 Å². The van der Waals surface area contributed by atoms with Gasteiger partial charge < -0.3 is 9.72 Å². The number of benzene rings is 1. The molecule has 0 aliphatic rings. The van der Waals surface area contributed by atoms with E-state index >= 15 is 0 Å². The molecule has 0 radical (unpaired) electrons. The number of rotatable bonds is 4. The van der Waals surface area contributed by atoms with Gasteiger partial charge in [-0.25, -0.2) is 5.43 Å². The van der Waals surface area contributed by atoms with Crippen molar-refractivity contribution in [2.24, 2.45) is 5.10 Å². The lowest BCUT2D eigenvalue weighted by Crippen LogP contribution is -2.19. The SMILES string of the molecule is COc1ccc(/C(C)=N\NC(=O)c2ccc[nH]2)cc1. The molecule has 0 spiro atoms. The van der Waals surface area contributed by atoms with E-state index in [1.54, 1.807) is 25.4 Å². The van der Waals surface area contributed by atoms with Crippen LogP contribution in [0.4, 0.5) is 0 Å². The average Bonchev–Trinajstić information content (AvgIpc) is 2.98. The molecule has 0 unspecified atom stereocenters. The largest absolute Gasteiger partial charge is 0.497 e. The molecule has 0 aliphatic carbocycles. The van der Waals surface area contributed by atoms with Crippen molar-refractivity contribution in [3.63, 3.8) is 0 Å². The number of aromatic amines is 1. The average molecular weight is 257 g/mol. The number of nitrogens with one attached hydrogen (secondary N) is 2. The molecule has 1 aromatic heterocycles. The van der Waals surface area contributed by atoms with Gasteiger partial charge in [-0.2, -0.15) is 5.10 Å². The molecule has 0 saturated carbocycles. The van der Waals surface area contributed by atoms with Crippen LogP contribution >= 0.6 is 0 Å². The van der Waals surface area contributed by atoms with Crippen LogP contribution in [0.15, 0.2) is 47.7 Å². The van der Waals surface area contributed by atoms with E-state index in [2.05, 4.69) is 15.5 Å². The zero-order valence-electron chi connectivity index (χ0n) is 10.8. The summed E-state index contributed by atoms with van der Waals surface area (Å²) in [7, 11) is 1.62. The first-order valence-electron chi connectivity index (χ1n) is 5.83. The van der Waals surface area contributed by atoms with Crippen LogP contribution in [-0.2, 0) is 0 Å². The van der Waals surface area contributed by atoms with Crippen molar-refractivity contribution >= 4 is 11.6 Å². The summed E-state index contributed by atoms with van der Waals surface area (Å²) in [5.41, 5.74) is 4.62. The van der Waals surface area contributed by atoms with Crippen LogP contribution < -0.4 is 10.2 Å². The van der Waals surface area contributed by atoms with E-state index in [1.807, 2.05) is 31.2 Å². The lowest BCUT2D eigenvalue weighted by molar-refractivity contribution is 0.0950. The Hall–Kier alpha value is -2.56. The third-order valence-corrected chi connectivity index (χ3v) is 2.68. The zero-order valence-corrected chi connectivity index (χ0v) is 10.8. The third-order valence-electron chi connectivity index (χ3n) is 2.68. The molecule has 0 aliphatic heterocycles. The van der Waals surface area contributed by atoms with E-state index in [9.17, 15) is 4.79 Å². The van der Waals surface area contributed by atoms with Gasteiger partial charge in [0, 0.05) is 6.20 Å².